The summed E-state index contributed by atoms with van der Waals surface area (Å²) in [7, 11) is 0. The number of rotatable bonds is 2. The van der Waals surface area contributed by atoms with Crippen LogP contribution in [-0.4, -0.2) is 49.5 Å². The van der Waals surface area contributed by atoms with E-state index >= 15 is 0 Å². The summed E-state index contributed by atoms with van der Waals surface area (Å²) in [5, 5.41) is 28.6. The predicted molar refractivity (Wildman–Crippen MR) is 58.9 cm³/mol. The molecule has 2 heterocycles. The van der Waals surface area contributed by atoms with E-state index in [0.717, 1.165) is 12.3 Å². The minimum Gasteiger partial charge on any atom is -0.390 e. The Bertz CT molecular complexity index is 678. The van der Waals surface area contributed by atoms with Gasteiger partial charge in [-0.2, -0.15) is 0 Å². The molecule has 0 bridgehead atoms. The Morgan fingerprint density at radius 3 is 2.94 bits per heavy atom. The maximum atomic E-state index is 14.4. The molecule has 0 aliphatic carbocycles. The number of ether oxygens (including phenoxy) is 1. The van der Waals surface area contributed by atoms with E-state index in [0.29, 0.717) is 4.57 Å². The van der Waals surface area contributed by atoms with Crippen molar-refractivity contribution in [3.05, 3.63) is 27.4 Å². The van der Waals surface area contributed by atoms with Crippen molar-refractivity contribution in [2.75, 3.05) is 6.56 Å². The molecular weight excluding hydrogens is 267 g/mol. The van der Waals surface area contributed by atoms with Crippen LogP contribution >= 0.6 is 12.2 Å². The number of H-pyrrole nitrogens is 1. The second-order valence-electron chi connectivity index (χ2n) is 3.57. The van der Waals surface area contributed by atoms with Gasteiger partial charge in [0.05, 0.1) is 4.11 Å². The average Bonchev–Trinajstić information content (AvgIpc) is 2.51. The van der Waals surface area contributed by atoms with Gasteiger partial charge < -0.3 is 20.1 Å². The van der Waals surface area contributed by atoms with Crippen LogP contribution in [-0.2, 0) is 4.74 Å². The van der Waals surface area contributed by atoms with Gasteiger partial charge in [0.1, 0.15) is 18.8 Å². The number of hydrogen-bond acceptors (Lipinski definition) is 6. The molecular formula is C9H11FN2O5S. The standard InChI is InChI=1S/C9H11FN2O5S/c10-9(3-13)6(16)5(15)7(17-9)12-2-1-4(14)11-8(12)18/h1-2,5-7,13,15-16H,3H2,(H,11,14,18)/t5-,6+,7-,9-/m1/s1/i3D2,7D. The molecule has 100 valence electrons. The Hall–Kier alpha value is -1.13. The monoisotopic (exact) mass is 281 g/mol. The molecule has 7 nitrogen and oxygen atoms in total. The lowest BCUT2D eigenvalue weighted by molar-refractivity contribution is -0.207. The molecule has 0 amide bonds. The van der Waals surface area contributed by atoms with E-state index < -0.39 is 41.2 Å². The molecule has 1 saturated heterocycles. The van der Waals surface area contributed by atoms with Crippen LogP contribution in [0.4, 0.5) is 4.39 Å². The van der Waals surface area contributed by atoms with Crippen LogP contribution in [0, 0.1) is 4.77 Å². The third-order valence-corrected chi connectivity index (χ3v) is 2.70. The fourth-order valence-corrected chi connectivity index (χ4v) is 1.73. The highest BCUT2D eigenvalue weighted by molar-refractivity contribution is 7.71. The van der Waals surface area contributed by atoms with Gasteiger partial charge in [-0.3, -0.25) is 14.3 Å². The van der Waals surface area contributed by atoms with Crippen LogP contribution in [0.1, 0.15) is 10.3 Å². The summed E-state index contributed by atoms with van der Waals surface area (Å²) < 4.78 is 40.9. The maximum Gasteiger partial charge on any atom is 0.263 e. The van der Waals surface area contributed by atoms with E-state index in [1.54, 1.807) is 0 Å². The van der Waals surface area contributed by atoms with Gasteiger partial charge in [-0.25, -0.2) is 4.39 Å². The van der Waals surface area contributed by atoms with Gasteiger partial charge in [0.25, 0.3) is 11.4 Å². The number of nitrogens with one attached hydrogen (secondary N) is 1. The Morgan fingerprint density at radius 2 is 2.44 bits per heavy atom. The van der Waals surface area contributed by atoms with Crippen molar-refractivity contribution < 1.29 is 28.6 Å². The third-order valence-electron chi connectivity index (χ3n) is 2.40. The molecule has 4 atom stereocenters. The Labute approximate surface area is 109 Å². The van der Waals surface area contributed by atoms with E-state index in [4.69, 9.17) is 21.4 Å². The second kappa shape index (κ2) is 4.52. The number of aliphatic hydroxyl groups is 3. The van der Waals surface area contributed by atoms with Gasteiger partial charge in [-0.05, 0) is 12.2 Å². The topological polar surface area (TPSA) is 108 Å². The fraction of sp³-hybridized carbons (Fsp3) is 0.556. The number of halogens is 1. The summed E-state index contributed by atoms with van der Waals surface area (Å²) in [4.78, 5) is 13.2. The van der Waals surface area contributed by atoms with Crippen molar-refractivity contribution in [1.29, 1.82) is 0 Å². The molecule has 0 radical (unpaired) electrons. The van der Waals surface area contributed by atoms with E-state index in [1.807, 2.05) is 0 Å². The van der Waals surface area contributed by atoms with Gasteiger partial charge in [0.2, 0.25) is 0 Å². The van der Waals surface area contributed by atoms with E-state index in [2.05, 4.69) is 9.72 Å². The molecule has 4 N–H and O–H groups in total. The van der Waals surface area contributed by atoms with Gasteiger partial charge in [-0.1, -0.05) is 0 Å². The normalized spacial score (nSPS) is 43.2. The number of hydrogen-bond donors (Lipinski definition) is 4. The lowest BCUT2D eigenvalue weighted by Gasteiger charge is -2.20. The first-order chi connectivity index (χ1) is 9.43. The van der Waals surface area contributed by atoms with Crippen molar-refractivity contribution in [3.8, 4) is 0 Å². The predicted octanol–water partition coefficient (Wildman–Crippen LogP) is -1.19. The van der Waals surface area contributed by atoms with Gasteiger partial charge in [0.15, 0.2) is 11.0 Å². The van der Waals surface area contributed by atoms with E-state index in [1.165, 1.54) is 0 Å². The molecule has 1 aromatic rings. The Morgan fingerprint density at radius 1 is 1.78 bits per heavy atom. The van der Waals surface area contributed by atoms with Gasteiger partial charge in [-0.15, -0.1) is 0 Å². The zero-order valence-electron chi connectivity index (χ0n) is 11.7. The Balaban J connectivity index is 2.59. The smallest absolute Gasteiger partial charge is 0.263 e. The fourth-order valence-electron chi connectivity index (χ4n) is 1.48. The zero-order valence-corrected chi connectivity index (χ0v) is 9.52. The highest BCUT2D eigenvalue weighted by Gasteiger charge is 2.55. The highest BCUT2D eigenvalue weighted by atomic mass is 32.1. The first-order valence-corrected chi connectivity index (χ1v) is 5.14. The lowest BCUT2D eigenvalue weighted by atomic mass is 10.1. The van der Waals surface area contributed by atoms with Crippen LogP contribution in [0.25, 0.3) is 0 Å². The molecule has 0 aromatic carbocycles. The van der Waals surface area contributed by atoms with Crippen molar-refractivity contribution in [3.63, 3.8) is 0 Å². The summed E-state index contributed by atoms with van der Waals surface area (Å²) in [6, 6.07) is 0.903. The number of aromatic amines is 1. The number of aromatic nitrogens is 2. The van der Waals surface area contributed by atoms with Crippen LogP contribution in [0.15, 0.2) is 17.1 Å². The van der Waals surface area contributed by atoms with Gasteiger partial charge in [0, 0.05) is 12.3 Å². The van der Waals surface area contributed by atoms with Crippen molar-refractivity contribution in [1.82, 2.24) is 9.55 Å². The molecule has 0 unspecified atom stereocenters. The van der Waals surface area contributed by atoms with E-state index in [9.17, 15) is 19.4 Å². The summed E-state index contributed by atoms with van der Waals surface area (Å²) >= 11 is 4.74. The summed E-state index contributed by atoms with van der Waals surface area (Å²) in [6.45, 7) is -3.69. The van der Waals surface area contributed by atoms with Crippen LogP contribution in [0.2, 0.25) is 0 Å². The number of nitrogens with zero attached hydrogens (tertiary/aromatic N) is 1. The molecule has 0 spiro atoms. The molecule has 2 rings (SSSR count). The molecule has 1 fully saturated rings. The SMILES string of the molecule is [2H]C([2H])(O)[C@@]1(F)O[C@@]([2H])(n2ccc(=O)[nH]c2=S)[C@H](O)[C@@H]1O. The molecule has 1 aliphatic rings. The zero-order chi connectivity index (χ0) is 16.2. The minimum absolute atomic E-state index is 0.425. The van der Waals surface area contributed by atoms with Crippen molar-refractivity contribution >= 4 is 12.2 Å². The largest absolute Gasteiger partial charge is 0.390 e. The molecule has 0 saturated carbocycles. The quantitative estimate of drug-likeness (QED) is 0.508. The first kappa shape index (κ1) is 9.75. The first-order valence-electron chi connectivity index (χ1n) is 6.23. The minimum atomic E-state index is -3.76. The summed E-state index contributed by atoms with van der Waals surface area (Å²) in [5.41, 5.74) is -0.628. The molecule has 1 aliphatic heterocycles. The van der Waals surface area contributed by atoms with Crippen LogP contribution < -0.4 is 5.56 Å². The van der Waals surface area contributed by atoms with Gasteiger partial charge >= 0.3 is 0 Å². The van der Waals surface area contributed by atoms with Crippen molar-refractivity contribution in [2.24, 2.45) is 0 Å². The average molecular weight is 281 g/mol. The second-order valence-corrected chi connectivity index (χ2v) is 3.95. The highest BCUT2D eigenvalue weighted by Crippen LogP contribution is 2.37. The lowest BCUT2D eigenvalue weighted by Crippen LogP contribution is -2.42. The van der Waals surface area contributed by atoms with Crippen molar-refractivity contribution in [2.45, 2.75) is 24.3 Å². The molecule has 9 heteroatoms. The summed E-state index contributed by atoms with van der Waals surface area (Å²) in [6.07, 6.45) is -6.74. The molecule has 18 heavy (non-hydrogen) atoms. The molecule has 1 aromatic heterocycles. The van der Waals surface area contributed by atoms with Crippen LogP contribution in [0.5, 0.6) is 0 Å². The third kappa shape index (κ3) is 1.99. The number of aliphatic hydroxyl groups excluding tert-OH is 2. The number of alkyl halides is 1. The summed E-state index contributed by atoms with van der Waals surface area (Å²) in [5.74, 6) is -3.76. The van der Waals surface area contributed by atoms with Crippen LogP contribution in [0.3, 0.4) is 0 Å². The van der Waals surface area contributed by atoms with E-state index in [-0.39, 0.29) is 0 Å². The Kier molecular flexibility index (Phi) is 2.45. The maximum absolute atomic E-state index is 14.4.